The molecule has 0 saturated carbocycles. The van der Waals surface area contributed by atoms with Crippen molar-refractivity contribution < 1.29 is 9.90 Å². The minimum absolute atomic E-state index is 0.0871. The van der Waals surface area contributed by atoms with Crippen molar-refractivity contribution in [2.75, 3.05) is 13.1 Å². The Morgan fingerprint density at radius 3 is 2.73 bits per heavy atom. The fraction of sp³-hybridized carbons (Fsp3) is 0.909. The minimum atomic E-state index is -0.309. The Morgan fingerprint density at radius 2 is 2.27 bits per heavy atom. The number of amides is 1. The lowest BCUT2D eigenvalue weighted by Crippen LogP contribution is -2.31. The van der Waals surface area contributed by atoms with Gasteiger partial charge in [0, 0.05) is 31.5 Å². The summed E-state index contributed by atoms with van der Waals surface area (Å²) in [7, 11) is 0. The largest absolute Gasteiger partial charge is 0.393 e. The van der Waals surface area contributed by atoms with Crippen molar-refractivity contribution in [2.45, 2.75) is 45.3 Å². The van der Waals surface area contributed by atoms with Crippen molar-refractivity contribution in [1.29, 1.82) is 0 Å². The third-order valence-corrected chi connectivity index (χ3v) is 3.07. The molecule has 1 heterocycles. The minimum Gasteiger partial charge on any atom is -0.393 e. The Bertz CT molecular complexity index is 217. The molecule has 0 aliphatic carbocycles. The van der Waals surface area contributed by atoms with Crippen LogP contribution in [0.1, 0.15) is 33.1 Å². The molecule has 1 aliphatic heterocycles. The molecule has 88 valence electrons. The Balaban J connectivity index is 2.30. The molecule has 3 atom stereocenters. The van der Waals surface area contributed by atoms with Crippen LogP contribution in [0.15, 0.2) is 0 Å². The number of likely N-dealkylation sites (tertiary alicyclic amines) is 1. The maximum Gasteiger partial charge on any atom is 0.222 e. The molecule has 4 heteroatoms. The summed E-state index contributed by atoms with van der Waals surface area (Å²) in [4.78, 5) is 13.6. The second kappa shape index (κ2) is 5.47. The van der Waals surface area contributed by atoms with Crippen LogP contribution in [0.25, 0.3) is 0 Å². The number of aliphatic hydroxyl groups is 1. The summed E-state index contributed by atoms with van der Waals surface area (Å²) in [6, 6.07) is 0.0871. The van der Waals surface area contributed by atoms with E-state index in [0.29, 0.717) is 13.0 Å². The standard InChI is InChI=1S/C11H22N2O2/c1-8(12)3-4-11(15)13-6-5-10(7-13)9(2)14/h8-10,14H,3-7,12H2,1-2H3. The summed E-state index contributed by atoms with van der Waals surface area (Å²) >= 11 is 0. The van der Waals surface area contributed by atoms with Gasteiger partial charge in [0.1, 0.15) is 0 Å². The van der Waals surface area contributed by atoms with Crippen molar-refractivity contribution in [1.82, 2.24) is 4.90 Å². The van der Waals surface area contributed by atoms with Crippen molar-refractivity contribution in [3.8, 4) is 0 Å². The first kappa shape index (κ1) is 12.5. The summed E-state index contributed by atoms with van der Waals surface area (Å²) in [5.41, 5.74) is 5.60. The predicted octanol–water partition coefficient (Wildman–Crippen LogP) is 0.343. The van der Waals surface area contributed by atoms with Gasteiger partial charge < -0.3 is 15.7 Å². The topological polar surface area (TPSA) is 66.6 Å². The number of hydrogen-bond acceptors (Lipinski definition) is 3. The van der Waals surface area contributed by atoms with Gasteiger partial charge in [-0.2, -0.15) is 0 Å². The fourth-order valence-corrected chi connectivity index (χ4v) is 1.92. The number of carbonyl (C=O) groups excluding carboxylic acids is 1. The third-order valence-electron chi connectivity index (χ3n) is 3.07. The average molecular weight is 214 g/mol. The molecule has 0 spiro atoms. The van der Waals surface area contributed by atoms with E-state index in [1.54, 1.807) is 6.92 Å². The van der Waals surface area contributed by atoms with Gasteiger partial charge in [0.25, 0.3) is 0 Å². The normalized spacial score (nSPS) is 25.3. The van der Waals surface area contributed by atoms with E-state index in [-0.39, 0.29) is 24.0 Å². The summed E-state index contributed by atoms with van der Waals surface area (Å²) in [6.45, 7) is 5.19. The number of carbonyl (C=O) groups is 1. The van der Waals surface area contributed by atoms with E-state index in [1.165, 1.54) is 0 Å². The molecule has 1 rings (SSSR count). The van der Waals surface area contributed by atoms with Gasteiger partial charge in [0.2, 0.25) is 5.91 Å². The Kier molecular flexibility index (Phi) is 4.54. The lowest BCUT2D eigenvalue weighted by Gasteiger charge is -2.18. The highest BCUT2D eigenvalue weighted by molar-refractivity contribution is 5.76. The lowest BCUT2D eigenvalue weighted by atomic mass is 10.0. The van der Waals surface area contributed by atoms with Gasteiger partial charge in [-0.1, -0.05) is 0 Å². The van der Waals surface area contributed by atoms with Crippen molar-refractivity contribution in [2.24, 2.45) is 11.7 Å². The Labute approximate surface area is 91.4 Å². The molecule has 1 amide bonds. The van der Waals surface area contributed by atoms with Crippen molar-refractivity contribution in [3.63, 3.8) is 0 Å². The first-order valence-corrected chi connectivity index (χ1v) is 5.72. The molecule has 4 nitrogen and oxygen atoms in total. The summed E-state index contributed by atoms with van der Waals surface area (Å²) in [5.74, 6) is 0.430. The SMILES string of the molecule is CC(N)CCC(=O)N1CCC(C(C)O)C1. The zero-order valence-corrected chi connectivity index (χ0v) is 9.65. The maximum atomic E-state index is 11.7. The molecule has 1 fully saturated rings. The van der Waals surface area contributed by atoms with Crippen LogP contribution in [0.3, 0.4) is 0 Å². The lowest BCUT2D eigenvalue weighted by molar-refractivity contribution is -0.130. The van der Waals surface area contributed by atoms with Crippen LogP contribution >= 0.6 is 0 Å². The van der Waals surface area contributed by atoms with Crippen LogP contribution in [-0.2, 0) is 4.79 Å². The smallest absolute Gasteiger partial charge is 0.222 e. The second-order valence-corrected chi connectivity index (χ2v) is 4.65. The molecule has 0 aromatic rings. The van der Waals surface area contributed by atoms with Gasteiger partial charge in [0.05, 0.1) is 6.10 Å². The Hall–Kier alpha value is -0.610. The molecule has 15 heavy (non-hydrogen) atoms. The molecule has 0 radical (unpaired) electrons. The highest BCUT2D eigenvalue weighted by atomic mass is 16.3. The molecule has 0 bridgehead atoms. The molecule has 3 unspecified atom stereocenters. The van der Waals surface area contributed by atoms with Gasteiger partial charge in [-0.15, -0.1) is 0 Å². The molecule has 0 aromatic carbocycles. The molecule has 3 N–H and O–H groups in total. The second-order valence-electron chi connectivity index (χ2n) is 4.65. The monoisotopic (exact) mass is 214 g/mol. The van der Waals surface area contributed by atoms with Crippen LogP contribution in [-0.4, -0.2) is 41.1 Å². The van der Waals surface area contributed by atoms with E-state index in [1.807, 2.05) is 11.8 Å². The van der Waals surface area contributed by atoms with Gasteiger partial charge in [-0.05, 0) is 26.7 Å². The van der Waals surface area contributed by atoms with E-state index in [2.05, 4.69) is 0 Å². The van der Waals surface area contributed by atoms with E-state index in [4.69, 9.17) is 5.73 Å². The zero-order chi connectivity index (χ0) is 11.4. The number of nitrogens with zero attached hydrogens (tertiary/aromatic N) is 1. The zero-order valence-electron chi connectivity index (χ0n) is 9.65. The van der Waals surface area contributed by atoms with Gasteiger partial charge in [-0.25, -0.2) is 0 Å². The van der Waals surface area contributed by atoms with Crippen molar-refractivity contribution in [3.05, 3.63) is 0 Å². The number of nitrogens with two attached hydrogens (primary N) is 1. The van der Waals surface area contributed by atoms with Gasteiger partial charge >= 0.3 is 0 Å². The first-order chi connectivity index (χ1) is 7.00. The van der Waals surface area contributed by atoms with Gasteiger partial charge in [0.15, 0.2) is 0 Å². The summed E-state index contributed by atoms with van der Waals surface area (Å²) in [6.07, 6.45) is 1.89. The molecule has 0 aromatic heterocycles. The fourth-order valence-electron chi connectivity index (χ4n) is 1.92. The quantitative estimate of drug-likeness (QED) is 0.709. The van der Waals surface area contributed by atoms with E-state index in [9.17, 15) is 9.90 Å². The van der Waals surface area contributed by atoms with Crippen LogP contribution in [0, 0.1) is 5.92 Å². The average Bonchev–Trinajstić information content (AvgIpc) is 2.62. The van der Waals surface area contributed by atoms with Crippen LogP contribution < -0.4 is 5.73 Å². The summed E-state index contributed by atoms with van der Waals surface area (Å²) in [5, 5.41) is 9.41. The van der Waals surface area contributed by atoms with Crippen molar-refractivity contribution >= 4 is 5.91 Å². The third kappa shape index (κ3) is 3.80. The summed E-state index contributed by atoms with van der Waals surface area (Å²) < 4.78 is 0. The van der Waals surface area contributed by atoms with E-state index >= 15 is 0 Å². The highest BCUT2D eigenvalue weighted by Gasteiger charge is 2.28. The molecule has 1 aliphatic rings. The maximum absolute atomic E-state index is 11.7. The molecular weight excluding hydrogens is 192 g/mol. The number of hydrogen-bond donors (Lipinski definition) is 2. The number of aliphatic hydroxyl groups excluding tert-OH is 1. The van der Waals surface area contributed by atoms with Crippen LogP contribution in [0.4, 0.5) is 0 Å². The molecular formula is C11H22N2O2. The number of rotatable bonds is 4. The first-order valence-electron chi connectivity index (χ1n) is 5.72. The van der Waals surface area contributed by atoms with Crippen LogP contribution in [0.2, 0.25) is 0 Å². The van der Waals surface area contributed by atoms with Gasteiger partial charge in [-0.3, -0.25) is 4.79 Å². The molecule has 1 saturated heterocycles. The highest BCUT2D eigenvalue weighted by Crippen LogP contribution is 2.20. The predicted molar refractivity (Wildman–Crippen MR) is 59.3 cm³/mol. The van der Waals surface area contributed by atoms with E-state index in [0.717, 1.165) is 19.4 Å². The van der Waals surface area contributed by atoms with Crippen LogP contribution in [0.5, 0.6) is 0 Å². The Morgan fingerprint density at radius 1 is 1.60 bits per heavy atom. The van der Waals surface area contributed by atoms with E-state index < -0.39 is 0 Å².